The molecule has 3 aliphatic rings. The molecule has 28 heavy (non-hydrogen) atoms. The topological polar surface area (TPSA) is 60.9 Å². The van der Waals surface area contributed by atoms with Gasteiger partial charge in [0.25, 0.3) is 0 Å². The van der Waals surface area contributed by atoms with Crippen molar-refractivity contribution >= 4 is 15.9 Å². The average molecular weight is 406 g/mol. The fourth-order valence-electron chi connectivity index (χ4n) is 4.58. The number of aryl methyl sites for hydroxylation is 2. The standard InChI is InChI=1S/C21H31N3O3S/c25-21(23-10-4-1-5-11-23)17-22-12-14-24(15-13-22)28(26,27)20-9-8-18-6-2-3-7-19(18)16-20/h8-9,16H,1-7,10-15,17H2. The monoisotopic (exact) mass is 405 g/mol. The van der Waals surface area contributed by atoms with Gasteiger partial charge >= 0.3 is 0 Å². The molecular formula is C21H31N3O3S. The first-order valence-electron chi connectivity index (χ1n) is 10.7. The van der Waals surface area contributed by atoms with E-state index in [-0.39, 0.29) is 5.91 Å². The molecule has 2 heterocycles. The Kier molecular flexibility index (Phi) is 6.04. The number of amides is 1. The third kappa shape index (κ3) is 4.26. The van der Waals surface area contributed by atoms with Crippen molar-refractivity contribution in [3.8, 4) is 0 Å². The highest BCUT2D eigenvalue weighted by atomic mass is 32.2. The molecule has 0 unspecified atom stereocenters. The maximum absolute atomic E-state index is 13.1. The van der Waals surface area contributed by atoms with Gasteiger partial charge in [0.1, 0.15) is 0 Å². The molecule has 1 aromatic carbocycles. The first kappa shape index (κ1) is 19.9. The summed E-state index contributed by atoms with van der Waals surface area (Å²) < 4.78 is 27.7. The van der Waals surface area contributed by atoms with Gasteiger partial charge in [0.2, 0.25) is 15.9 Å². The van der Waals surface area contributed by atoms with E-state index in [1.165, 1.54) is 24.0 Å². The van der Waals surface area contributed by atoms with Crippen LogP contribution in [-0.4, -0.2) is 74.2 Å². The molecule has 154 valence electrons. The van der Waals surface area contributed by atoms with Gasteiger partial charge in [0, 0.05) is 39.3 Å². The molecular weight excluding hydrogens is 374 g/mol. The highest BCUT2D eigenvalue weighted by Crippen LogP contribution is 2.26. The van der Waals surface area contributed by atoms with Crippen molar-refractivity contribution in [2.45, 2.75) is 49.8 Å². The molecule has 0 spiro atoms. The van der Waals surface area contributed by atoms with Gasteiger partial charge in [-0.05, 0) is 68.2 Å². The summed E-state index contributed by atoms with van der Waals surface area (Å²) in [6.07, 6.45) is 7.77. The molecule has 1 aliphatic carbocycles. The Balaban J connectivity index is 1.35. The summed E-state index contributed by atoms with van der Waals surface area (Å²) in [5.41, 5.74) is 2.49. The van der Waals surface area contributed by atoms with Crippen LogP contribution >= 0.6 is 0 Å². The van der Waals surface area contributed by atoms with E-state index in [9.17, 15) is 13.2 Å². The fourth-order valence-corrected chi connectivity index (χ4v) is 6.06. The molecule has 0 radical (unpaired) electrons. The highest BCUT2D eigenvalue weighted by molar-refractivity contribution is 7.89. The van der Waals surface area contributed by atoms with Crippen LogP contribution in [-0.2, 0) is 27.7 Å². The van der Waals surface area contributed by atoms with Crippen LogP contribution in [0.2, 0.25) is 0 Å². The van der Waals surface area contributed by atoms with E-state index in [0.29, 0.717) is 37.6 Å². The Morgan fingerprint density at radius 3 is 2.21 bits per heavy atom. The van der Waals surface area contributed by atoms with E-state index in [1.807, 2.05) is 17.0 Å². The number of benzene rings is 1. The zero-order valence-corrected chi connectivity index (χ0v) is 17.4. The van der Waals surface area contributed by atoms with Gasteiger partial charge in [0.05, 0.1) is 11.4 Å². The number of hydrogen-bond acceptors (Lipinski definition) is 4. The first-order valence-corrected chi connectivity index (χ1v) is 12.1. The number of nitrogens with zero attached hydrogens (tertiary/aromatic N) is 3. The molecule has 0 atom stereocenters. The summed E-state index contributed by atoms with van der Waals surface area (Å²) in [6, 6.07) is 5.65. The van der Waals surface area contributed by atoms with Crippen LogP contribution in [0, 0.1) is 0 Å². The lowest BCUT2D eigenvalue weighted by molar-refractivity contribution is -0.133. The van der Waals surface area contributed by atoms with Gasteiger partial charge in [-0.15, -0.1) is 0 Å². The van der Waals surface area contributed by atoms with Gasteiger partial charge in [-0.1, -0.05) is 6.07 Å². The summed E-state index contributed by atoms with van der Waals surface area (Å²) in [5.74, 6) is 0.186. The Morgan fingerprint density at radius 1 is 0.821 bits per heavy atom. The number of carbonyl (C=O) groups is 1. The number of fused-ring (bicyclic) bond motifs is 1. The molecule has 1 aromatic rings. The number of carbonyl (C=O) groups excluding carboxylic acids is 1. The van der Waals surface area contributed by atoms with Crippen LogP contribution in [0.15, 0.2) is 23.1 Å². The van der Waals surface area contributed by atoms with Crippen LogP contribution in [0.1, 0.15) is 43.2 Å². The third-order valence-electron chi connectivity index (χ3n) is 6.36. The van der Waals surface area contributed by atoms with Crippen LogP contribution in [0.3, 0.4) is 0 Å². The van der Waals surface area contributed by atoms with E-state index in [2.05, 4.69) is 4.90 Å². The fraction of sp³-hybridized carbons (Fsp3) is 0.667. The molecule has 0 N–H and O–H groups in total. The van der Waals surface area contributed by atoms with E-state index in [4.69, 9.17) is 0 Å². The van der Waals surface area contributed by atoms with Crippen LogP contribution < -0.4 is 0 Å². The van der Waals surface area contributed by atoms with Crippen molar-refractivity contribution in [3.63, 3.8) is 0 Å². The Bertz CT molecular complexity index is 810. The molecule has 2 aliphatic heterocycles. The summed E-state index contributed by atoms with van der Waals surface area (Å²) in [7, 11) is -3.46. The summed E-state index contributed by atoms with van der Waals surface area (Å²) in [4.78, 5) is 16.9. The minimum absolute atomic E-state index is 0.186. The van der Waals surface area contributed by atoms with Gasteiger partial charge in [-0.25, -0.2) is 8.42 Å². The van der Waals surface area contributed by atoms with Crippen molar-refractivity contribution in [3.05, 3.63) is 29.3 Å². The minimum Gasteiger partial charge on any atom is -0.342 e. The van der Waals surface area contributed by atoms with E-state index in [1.54, 1.807) is 10.4 Å². The SMILES string of the molecule is O=C(CN1CCN(S(=O)(=O)c2ccc3c(c2)CCCC3)CC1)N1CCCCC1. The van der Waals surface area contributed by atoms with Crippen molar-refractivity contribution in [1.82, 2.24) is 14.1 Å². The largest absolute Gasteiger partial charge is 0.342 e. The lowest BCUT2D eigenvalue weighted by Gasteiger charge is -2.35. The van der Waals surface area contributed by atoms with Crippen molar-refractivity contribution in [1.29, 1.82) is 0 Å². The second kappa shape index (κ2) is 8.51. The molecule has 4 rings (SSSR count). The van der Waals surface area contributed by atoms with E-state index >= 15 is 0 Å². The smallest absolute Gasteiger partial charge is 0.243 e. The predicted molar refractivity (Wildman–Crippen MR) is 109 cm³/mol. The summed E-state index contributed by atoms with van der Waals surface area (Å²) in [5, 5.41) is 0. The second-order valence-corrected chi connectivity index (χ2v) is 10.2. The number of piperazine rings is 1. The highest BCUT2D eigenvalue weighted by Gasteiger charge is 2.30. The van der Waals surface area contributed by atoms with E-state index < -0.39 is 10.0 Å². The minimum atomic E-state index is -3.46. The van der Waals surface area contributed by atoms with Crippen molar-refractivity contribution < 1.29 is 13.2 Å². The number of piperidine rings is 1. The molecule has 2 fully saturated rings. The normalized spacial score (nSPS) is 22.1. The number of rotatable bonds is 4. The lowest BCUT2D eigenvalue weighted by Crippen LogP contribution is -2.51. The number of sulfonamides is 1. The van der Waals surface area contributed by atoms with Crippen molar-refractivity contribution in [2.24, 2.45) is 0 Å². The molecule has 0 aromatic heterocycles. The zero-order valence-electron chi connectivity index (χ0n) is 16.6. The van der Waals surface area contributed by atoms with Crippen LogP contribution in [0.4, 0.5) is 0 Å². The average Bonchev–Trinajstić information content (AvgIpc) is 2.74. The Labute approximate surface area is 168 Å². The maximum atomic E-state index is 13.1. The van der Waals surface area contributed by atoms with Crippen molar-refractivity contribution in [2.75, 3.05) is 45.8 Å². The molecule has 6 nitrogen and oxygen atoms in total. The maximum Gasteiger partial charge on any atom is 0.243 e. The molecule has 0 bridgehead atoms. The van der Waals surface area contributed by atoms with Gasteiger partial charge in [-0.3, -0.25) is 9.69 Å². The first-order chi connectivity index (χ1) is 13.5. The molecule has 0 saturated carbocycles. The van der Waals surface area contributed by atoms with Crippen LogP contribution in [0.25, 0.3) is 0 Å². The molecule has 1 amide bonds. The zero-order chi connectivity index (χ0) is 19.6. The van der Waals surface area contributed by atoms with Crippen LogP contribution in [0.5, 0.6) is 0 Å². The summed E-state index contributed by atoms with van der Waals surface area (Å²) in [6.45, 7) is 4.27. The quantitative estimate of drug-likeness (QED) is 0.768. The third-order valence-corrected chi connectivity index (χ3v) is 8.25. The lowest BCUT2D eigenvalue weighted by atomic mass is 9.92. The predicted octanol–water partition coefficient (Wildman–Crippen LogP) is 1.88. The van der Waals surface area contributed by atoms with Gasteiger partial charge in [-0.2, -0.15) is 4.31 Å². The van der Waals surface area contributed by atoms with E-state index in [0.717, 1.165) is 45.2 Å². The summed E-state index contributed by atoms with van der Waals surface area (Å²) >= 11 is 0. The Hall–Kier alpha value is -1.44. The molecule has 7 heteroatoms. The number of likely N-dealkylation sites (tertiary alicyclic amines) is 1. The number of hydrogen-bond donors (Lipinski definition) is 0. The second-order valence-electron chi connectivity index (χ2n) is 8.26. The molecule has 2 saturated heterocycles. The van der Waals surface area contributed by atoms with Gasteiger partial charge < -0.3 is 4.90 Å². The van der Waals surface area contributed by atoms with Gasteiger partial charge in [0.15, 0.2) is 0 Å². The Morgan fingerprint density at radius 2 is 1.50 bits per heavy atom.